The zero-order chi connectivity index (χ0) is 15.0. The van der Waals surface area contributed by atoms with E-state index in [0.29, 0.717) is 6.61 Å². The van der Waals surface area contributed by atoms with Gasteiger partial charge in [-0.2, -0.15) is 5.10 Å². The molecular weight excluding hydrogens is 274 g/mol. The van der Waals surface area contributed by atoms with Crippen molar-refractivity contribution >= 4 is 6.21 Å². The monoisotopic (exact) mass is 291 g/mol. The molecule has 0 bridgehead atoms. The van der Waals surface area contributed by atoms with Crippen molar-refractivity contribution in [3.63, 3.8) is 0 Å². The van der Waals surface area contributed by atoms with E-state index < -0.39 is 0 Å². The predicted octanol–water partition coefficient (Wildman–Crippen LogP) is 3.48. The summed E-state index contributed by atoms with van der Waals surface area (Å²) >= 11 is 0. The van der Waals surface area contributed by atoms with Crippen molar-refractivity contribution in [2.75, 3.05) is 0 Å². The third-order valence-corrected chi connectivity index (χ3v) is 3.19. The van der Waals surface area contributed by atoms with Crippen LogP contribution >= 0.6 is 0 Å². The van der Waals surface area contributed by atoms with Crippen LogP contribution in [0, 0.1) is 0 Å². The molecule has 0 aliphatic rings. The normalized spacial score (nSPS) is 10.9. The van der Waals surface area contributed by atoms with E-state index in [-0.39, 0.29) is 0 Å². The fourth-order valence-corrected chi connectivity index (χ4v) is 2.09. The van der Waals surface area contributed by atoms with Crippen molar-refractivity contribution in [2.45, 2.75) is 13.2 Å². The molecule has 1 heterocycles. The number of hydrogen-bond donors (Lipinski definition) is 0. The molecule has 0 radical (unpaired) electrons. The third-order valence-electron chi connectivity index (χ3n) is 3.19. The molecule has 0 amide bonds. The highest BCUT2D eigenvalue weighted by molar-refractivity contribution is 5.78. The molecule has 0 N–H and O–H groups in total. The molecule has 0 aliphatic carbocycles. The third kappa shape index (κ3) is 4.06. The Kier molecular flexibility index (Phi) is 4.62. The van der Waals surface area contributed by atoms with Gasteiger partial charge in [-0.3, -0.25) is 4.68 Å². The number of hydrogen-bond acceptors (Lipinski definition) is 3. The molecule has 0 unspecified atom stereocenters. The molecule has 0 aliphatic heterocycles. The van der Waals surface area contributed by atoms with Gasteiger partial charge in [-0.25, -0.2) is 0 Å². The maximum atomic E-state index is 5.28. The van der Waals surface area contributed by atoms with Crippen molar-refractivity contribution in [2.24, 2.45) is 5.16 Å². The summed E-state index contributed by atoms with van der Waals surface area (Å²) in [6.45, 7) is 1.22. The average Bonchev–Trinajstić information content (AvgIpc) is 3.01. The van der Waals surface area contributed by atoms with Crippen molar-refractivity contribution in [3.8, 4) is 0 Å². The maximum Gasteiger partial charge on any atom is 0.142 e. The Bertz CT molecular complexity index is 720. The molecule has 4 heteroatoms. The van der Waals surface area contributed by atoms with Gasteiger partial charge in [-0.1, -0.05) is 65.8 Å². The molecule has 3 aromatic rings. The molecule has 0 fully saturated rings. The minimum atomic E-state index is 0.468. The first-order valence-corrected chi connectivity index (χ1v) is 7.16. The lowest BCUT2D eigenvalue weighted by molar-refractivity contribution is 0.132. The van der Waals surface area contributed by atoms with E-state index in [1.165, 1.54) is 5.56 Å². The van der Waals surface area contributed by atoms with E-state index in [4.69, 9.17) is 4.84 Å². The summed E-state index contributed by atoms with van der Waals surface area (Å²) in [4.78, 5) is 5.28. The average molecular weight is 291 g/mol. The standard InChI is InChI=1S/C18H17N3O/c1-3-7-16(8-4-1)13-21-14-18(11-19-21)12-20-22-15-17-9-5-2-6-10-17/h1-12,14H,13,15H2/b20-12+. The van der Waals surface area contributed by atoms with E-state index in [0.717, 1.165) is 17.7 Å². The van der Waals surface area contributed by atoms with Crippen molar-refractivity contribution in [1.82, 2.24) is 9.78 Å². The van der Waals surface area contributed by atoms with Crippen LogP contribution in [-0.4, -0.2) is 16.0 Å². The van der Waals surface area contributed by atoms with Gasteiger partial charge in [0.1, 0.15) is 6.61 Å². The van der Waals surface area contributed by atoms with Crippen LogP contribution in [0.15, 0.2) is 78.2 Å². The van der Waals surface area contributed by atoms with Gasteiger partial charge in [-0.05, 0) is 11.1 Å². The highest BCUT2D eigenvalue weighted by Gasteiger charge is 1.98. The molecule has 3 rings (SSSR count). The fourth-order valence-electron chi connectivity index (χ4n) is 2.09. The van der Waals surface area contributed by atoms with E-state index in [1.54, 1.807) is 12.4 Å². The molecule has 110 valence electrons. The summed E-state index contributed by atoms with van der Waals surface area (Å²) in [7, 11) is 0. The van der Waals surface area contributed by atoms with Gasteiger partial charge in [0.15, 0.2) is 0 Å². The van der Waals surface area contributed by atoms with Gasteiger partial charge in [0.25, 0.3) is 0 Å². The topological polar surface area (TPSA) is 39.4 Å². The Balaban J connectivity index is 1.52. The van der Waals surface area contributed by atoms with Crippen LogP contribution in [0.3, 0.4) is 0 Å². The molecule has 22 heavy (non-hydrogen) atoms. The molecular formula is C18H17N3O. The maximum absolute atomic E-state index is 5.28. The first-order chi connectivity index (χ1) is 10.9. The number of oxime groups is 1. The van der Waals surface area contributed by atoms with Crippen LogP contribution in [0.1, 0.15) is 16.7 Å². The second-order valence-electron chi connectivity index (χ2n) is 4.95. The van der Waals surface area contributed by atoms with E-state index in [2.05, 4.69) is 22.4 Å². The molecule has 0 atom stereocenters. The highest BCUT2D eigenvalue weighted by Crippen LogP contribution is 2.04. The van der Waals surface area contributed by atoms with Crippen LogP contribution in [0.4, 0.5) is 0 Å². The van der Waals surface area contributed by atoms with Crippen LogP contribution in [0.25, 0.3) is 0 Å². The zero-order valence-electron chi connectivity index (χ0n) is 12.2. The Morgan fingerprint density at radius 1 is 0.955 bits per heavy atom. The van der Waals surface area contributed by atoms with Crippen LogP contribution in [-0.2, 0) is 18.0 Å². The van der Waals surface area contributed by atoms with Gasteiger partial charge in [-0.15, -0.1) is 0 Å². The Labute approximate surface area is 129 Å². The molecule has 2 aromatic carbocycles. The first-order valence-electron chi connectivity index (χ1n) is 7.16. The van der Waals surface area contributed by atoms with Crippen molar-refractivity contribution in [1.29, 1.82) is 0 Å². The van der Waals surface area contributed by atoms with Gasteiger partial charge in [0.05, 0.1) is 19.0 Å². The highest BCUT2D eigenvalue weighted by atomic mass is 16.6. The number of rotatable bonds is 6. The van der Waals surface area contributed by atoms with Gasteiger partial charge in [0.2, 0.25) is 0 Å². The van der Waals surface area contributed by atoms with Gasteiger partial charge >= 0.3 is 0 Å². The second kappa shape index (κ2) is 7.22. The summed E-state index contributed by atoms with van der Waals surface area (Å²) in [5.74, 6) is 0. The lowest BCUT2D eigenvalue weighted by atomic mass is 10.2. The SMILES string of the molecule is C(=N\OCc1ccccc1)/c1cnn(Cc2ccccc2)c1. The van der Waals surface area contributed by atoms with Crippen LogP contribution in [0.5, 0.6) is 0 Å². The van der Waals surface area contributed by atoms with E-state index in [9.17, 15) is 0 Å². The van der Waals surface area contributed by atoms with E-state index in [1.807, 2.05) is 59.4 Å². The molecule has 1 aromatic heterocycles. The largest absolute Gasteiger partial charge is 0.391 e. The Morgan fingerprint density at radius 2 is 1.64 bits per heavy atom. The quantitative estimate of drug-likeness (QED) is 0.515. The zero-order valence-corrected chi connectivity index (χ0v) is 12.2. The Morgan fingerprint density at radius 3 is 2.36 bits per heavy atom. The summed E-state index contributed by atoms with van der Waals surface area (Å²) < 4.78 is 1.88. The predicted molar refractivity (Wildman–Crippen MR) is 86.6 cm³/mol. The van der Waals surface area contributed by atoms with Crippen LogP contribution < -0.4 is 0 Å². The molecule has 0 spiro atoms. The second-order valence-corrected chi connectivity index (χ2v) is 4.95. The summed E-state index contributed by atoms with van der Waals surface area (Å²) in [6, 6.07) is 20.2. The van der Waals surface area contributed by atoms with E-state index >= 15 is 0 Å². The van der Waals surface area contributed by atoms with Gasteiger partial charge < -0.3 is 4.84 Å². The first kappa shape index (κ1) is 14.1. The number of aromatic nitrogens is 2. The lowest BCUT2D eigenvalue weighted by Gasteiger charge is -2.00. The Hall–Kier alpha value is -2.88. The summed E-state index contributed by atoms with van der Waals surface area (Å²) in [5, 5.41) is 8.30. The van der Waals surface area contributed by atoms with Crippen molar-refractivity contribution in [3.05, 3.63) is 89.7 Å². The number of benzene rings is 2. The molecule has 0 saturated carbocycles. The molecule has 4 nitrogen and oxygen atoms in total. The van der Waals surface area contributed by atoms with Crippen LogP contribution in [0.2, 0.25) is 0 Å². The minimum absolute atomic E-state index is 0.468. The summed E-state index contributed by atoms with van der Waals surface area (Å²) in [5.41, 5.74) is 3.23. The summed E-state index contributed by atoms with van der Waals surface area (Å²) in [6.07, 6.45) is 5.40. The number of nitrogens with zero attached hydrogens (tertiary/aromatic N) is 3. The minimum Gasteiger partial charge on any atom is -0.391 e. The van der Waals surface area contributed by atoms with Gasteiger partial charge in [0, 0.05) is 11.8 Å². The smallest absolute Gasteiger partial charge is 0.142 e. The lowest BCUT2D eigenvalue weighted by Crippen LogP contribution is -1.99. The fraction of sp³-hybridized carbons (Fsp3) is 0.111. The molecule has 0 saturated heterocycles. The van der Waals surface area contributed by atoms with Crippen molar-refractivity contribution < 1.29 is 4.84 Å².